The van der Waals surface area contributed by atoms with Crippen LogP contribution in [0.2, 0.25) is 0 Å². The highest BCUT2D eigenvalue weighted by molar-refractivity contribution is 5.73. The normalized spacial score (nSPS) is 14.8. The molecule has 1 saturated carbocycles. The van der Waals surface area contributed by atoms with Crippen molar-refractivity contribution in [3.8, 4) is 0 Å². The van der Waals surface area contributed by atoms with Gasteiger partial charge in [0.2, 0.25) is 11.8 Å². The van der Waals surface area contributed by atoms with E-state index in [0.29, 0.717) is 43.9 Å². The van der Waals surface area contributed by atoms with Crippen LogP contribution in [0.25, 0.3) is 0 Å². The smallest absolute Gasteiger partial charge is 0.315 e. The summed E-state index contributed by atoms with van der Waals surface area (Å²) < 4.78 is 5.36. The minimum atomic E-state index is -0.299. The van der Waals surface area contributed by atoms with Crippen molar-refractivity contribution in [2.45, 2.75) is 38.3 Å². The molecule has 0 atom stereocenters. The molecular weight excluding hydrogens is 222 g/mol. The molecule has 1 amide bonds. The minimum absolute atomic E-state index is 0.299. The van der Waals surface area contributed by atoms with Crippen LogP contribution >= 0.6 is 0 Å². The summed E-state index contributed by atoms with van der Waals surface area (Å²) in [7, 11) is 0. The third-order valence-electron chi connectivity index (χ3n) is 2.46. The SMILES string of the molecule is NC(=O)CCCNc1nnc(CNC2CC2)o1. The van der Waals surface area contributed by atoms with E-state index in [0.717, 1.165) is 0 Å². The Morgan fingerprint density at radius 2 is 2.29 bits per heavy atom. The predicted octanol–water partition coefficient (Wildman–Crippen LogP) is -0.00100. The summed E-state index contributed by atoms with van der Waals surface area (Å²) in [5.74, 6) is 0.279. The van der Waals surface area contributed by atoms with Crippen LogP contribution in [-0.2, 0) is 11.3 Å². The van der Waals surface area contributed by atoms with Crippen LogP contribution in [0, 0.1) is 0 Å². The molecule has 0 saturated heterocycles. The summed E-state index contributed by atoms with van der Waals surface area (Å²) >= 11 is 0. The zero-order valence-corrected chi connectivity index (χ0v) is 9.61. The van der Waals surface area contributed by atoms with E-state index in [1.807, 2.05) is 0 Å². The molecule has 1 fully saturated rings. The Bertz CT molecular complexity index is 375. The van der Waals surface area contributed by atoms with Crippen molar-refractivity contribution in [1.82, 2.24) is 15.5 Å². The van der Waals surface area contributed by atoms with E-state index >= 15 is 0 Å². The van der Waals surface area contributed by atoms with Gasteiger partial charge in [-0.05, 0) is 19.3 Å². The van der Waals surface area contributed by atoms with Gasteiger partial charge >= 0.3 is 6.01 Å². The van der Waals surface area contributed by atoms with Crippen molar-refractivity contribution in [1.29, 1.82) is 0 Å². The number of hydrogen-bond donors (Lipinski definition) is 3. The van der Waals surface area contributed by atoms with Crippen LogP contribution in [0.3, 0.4) is 0 Å². The molecule has 1 aromatic rings. The first-order valence-electron chi connectivity index (χ1n) is 5.82. The summed E-state index contributed by atoms with van der Waals surface area (Å²) in [4.78, 5) is 10.5. The number of anilines is 1. The maximum atomic E-state index is 10.5. The number of nitrogens with two attached hydrogens (primary N) is 1. The van der Waals surface area contributed by atoms with Gasteiger partial charge < -0.3 is 20.8 Å². The van der Waals surface area contributed by atoms with Crippen molar-refractivity contribution in [3.05, 3.63) is 5.89 Å². The first-order chi connectivity index (χ1) is 8.24. The average Bonchev–Trinajstić information content (AvgIpc) is 3.01. The molecule has 0 aromatic carbocycles. The number of primary amides is 1. The van der Waals surface area contributed by atoms with E-state index in [1.165, 1.54) is 12.8 Å². The number of hydrogen-bond acceptors (Lipinski definition) is 6. The summed E-state index contributed by atoms with van der Waals surface area (Å²) in [6.45, 7) is 1.21. The van der Waals surface area contributed by atoms with Crippen molar-refractivity contribution in [2.75, 3.05) is 11.9 Å². The monoisotopic (exact) mass is 239 g/mol. The van der Waals surface area contributed by atoms with Crippen LogP contribution in [0.1, 0.15) is 31.6 Å². The summed E-state index contributed by atoms with van der Waals surface area (Å²) in [5, 5.41) is 14.0. The Morgan fingerprint density at radius 3 is 3.00 bits per heavy atom. The first kappa shape index (κ1) is 11.8. The fraction of sp³-hybridized carbons (Fsp3) is 0.700. The van der Waals surface area contributed by atoms with E-state index < -0.39 is 0 Å². The fourth-order valence-corrected chi connectivity index (χ4v) is 1.37. The van der Waals surface area contributed by atoms with Gasteiger partial charge in [-0.3, -0.25) is 4.79 Å². The molecule has 0 radical (unpaired) electrons. The third-order valence-corrected chi connectivity index (χ3v) is 2.46. The van der Waals surface area contributed by atoms with Gasteiger partial charge in [0.25, 0.3) is 0 Å². The maximum Gasteiger partial charge on any atom is 0.315 e. The number of nitrogens with one attached hydrogen (secondary N) is 2. The first-order valence-corrected chi connectivity index (χ1v) is 5.82. The number of amides is 1. The highest BCUT2D eigenvalue weighted by Crippen LogP contribution is 2.19. The standard InChI is InChI=1S/C10H17N5O2/c11-8(16)2-1-5-12-10-15-14-9(17-10)6-13-7-3-4-7/h7,13H,1-6H2,(H2,11,16)(H,12,15). The van der Waals surface area contributed by atoms with Crippen molar-refractivity contribution in [3.63, 3.8) is 0 Å². The maximum absolute atomic E-state index is 10.5. The highest BCUT2D eigenvalue weighted by atomic mass is 16.4. The number of carbonyl (C=O) groups is 1. The van der Waals surface area contributed by atoms with Crippen molar-refractivity contribution >= 4 is 11.9 Å². The Balaban J connectivity index is 1.64. The van der Waals surface area contributed by atoms with Gasteiger partial charge in [-0.1, -0.05) is 5.10 Å². The van der Waals surface area contributed by atoms with Gasteiger partial charge in [-0.15, -0.1) is 5.10 Å². The van der Waals surface area contributed by atoms with Gasteiger partial charge in [0.15, 0.2) is 0 Å². The molecule has 94 valence electrons. The quantitative estimate of drug-likeness (QED) is 0.551. The van der Waals surface area contributed by atoms with Gasteiger partial charge in [-0.25, -0.2) is 0 Å². The van der Waals surface area contributed by atoms with Crippen LogP contribution in [0.4, 0.5) is 6.01 Å². The second-order valence-electron chi connectivity index (χ2n) is 4.15. The van der Waals surface area contributed by atoms with Gasteiger partial charge in [0.1, 0.15) is 0 Å². The summed E-state index contributed by atoms with van der Waals surface area (Å²) in [6, 6.07) is 1.01. The Hall–Kier alpha value is -1.63. The lowest BCUT2D eigenvalue weighted by Crippen LogP contribution is -2.15. The fourth-order valence-electron chi connectivity index (χ4n) is 1.37. The van der Waals surface area contributed by atoms with E-state index in [2.05, 4.69) is 20.8 Å². The van der Waals surface area contributed by atoms with Crippen molar-refractivity contribution in [2.24, 2.45) is 5.73 Å². The zero-order chi connectivity index (χ0) is 12.1. The second-order valence-corrected chi connectivity index (χ2v) is 4.15. The van der Waals surface area contributed by atoms with E-state index in [4.69, 9.17) is 10.2 Å². The van der Waals surface area contributed by atoms with Crippen LogP contribution in [-0.4, -0.2) is 28.7 Å². The molecular formula is C10H17N5O2. The molecule has 1 aliphatic carbocycles. The molecule has 1 aliphatic rings. The van der Waals surface area contributed by atoms with Gasteiger partial charge in [0.05, 0.1) is 6.54 Å². The molecule has 2 rings (SSSR count). The predicted molar refractivity (Wildman–Crippen MR) is 61.1 cm³/mol. The van der Waals surface area contributed by atoms with E-state index in [-0.39, 0.29) is 5.91 Å². The number of aromatic nitrogens is 2. The largest absolute Gasteiger partial charge is 0.407 e. The molecule has 1 aromatic heterocycles. The Kier molecular flexibility index (Phi) is 3.92. The van der Waals surface area contributed by atoms with Gasteiger partial charge in [0, 0.05) is 19.0 Å². The van der Waals surface area contributed by atoms with Crippen LogP contribution in [0.15, 0.2) is 4.42 Å². The molecule has 0 spiro atoms. The number of nitrogens with zero attached hydrogens (tertiary/aromatic N) is 2. The molecule has 17 heavy (non-hydrogen) atoms. The van der Waals surface area contributed by atoms with E-state index in [9.17, 15) is 4.79 Å². The van der Waals surface area contributed by atoms with Gasteiger partial charge in [-0.2, -0.15) is 0 Å². The molecule has 0 unspecified atom stereocenters. The molecule has 1 heterocycles. The van der Waals surface area contributed by atoms with E-state index in [1.54, 1.807) is 0 Å². The minimum Gasteiger partial charge on any atom is -0.407 e. The third kappa shape index (κ3) is 4.39. The van der Waals surface area contributed by atoms with Crippen LogP contribution < -0.4 is 16.4 Å². The molecule has 4 N–H and O–H groups in total. The molecule has 7 nitrogen and oxygen atoms in total. The Labute approximate surface area is 99.1 Å². The average molecular weight is 239 g/mol. The van der Waals surface area contributed by atoms with Crippen molar-refractivity contribution < 1.29 is 9.21 Å². The summed E-state index contributed by atoms with van der Waals surface area (Å²) in [6.07, 6.45) is 3.48. The molecule has 7 heteroatoms. The lowest BCUT2D eigenvalue weighted by Gasteiger charge is -1.99. The topological polar surface area (TPSA) is 106 Å². The Morgan fingerprint density at radius 1 is 1.47 bits per heavy atom. The second kappa shape index (κ2) is 5.62. The molecule has 0 bridgehead atoms. The highest BCUT2D eigenvalue weighted by Gasteiger charge is 2.21. The lowest BCUT2D eigenvalue weighted by molar-refractivity contribution is -0.118. The summed E-state index contributed by atoms with van der Waals surface area (Å²) in [5.41, 5.74) is 5.02. The molecule has 0 aliphatic heterocycles. The van der Waals surface area contributed by atoms with Crippen LogP contribution in [0.5, 0.6) is 0 Å². The lowest BCUT2D eigenvalue weighted by atomic mass is 10.3. The zero-order valence-electron chi connectivity index (χ0n) is 9.61. The number of rotatable bonds is 8. The number of carbonyl (C=O) groups excluding carboxylic acids is 1.